The van der Waals surface area contributed by atoms with Crippen LogP contribution >= 0.6 is 0 Å². The number of nitrogens with one attached hydrogen (secondary N) is 1. The molecule has 146 valence electrons. The fraction of sp³-hybridized carbons (Fsp3) is 0.278. The van der Waals surface area contributed by atoms with Crippen LogP contribution in [0.25, 0.3) is 0 Å². The Morgan fingerprint density at radius 2 is 1.89 bits per heavy atom. The van der Waals surface area contributed by atoms with Gasteiger partial charge in [-0.15, -0.1) is 0 Å². The fourth-order valence-corrected chi connectivity index (χ4v) is 3.14. The highest BCUT2D eigenvalue weighted by Crippen LogP contribution is 2.24. The first-order chi connectivity index (χ1) is 12.6. The van der Waals surface area contributed by atoms with E-state index in [-0.39, 0.29) is 17.5 Å². The molecule has 0 spiro atoms. The van der Waals surface area contributed by atoms with Crippen LogP contribution in [-0.4, -0.2) is 33.2 Å². The van der Waals surface area contributed by atoms with Gasteiger partial charge in [-0.3, -0.25) is 9.10 Å². The molecule has 2 aromatic carbocycles. The zero-order chi connectivity index (χ0) is 20.2. The highest BCUT2D eigenvalue weighted by molar-refractivity contribution is 7.92. The van der Waals surface area contributed by atoms with Gasteiger partial charge in [0, 0.05) is 12.1 Å². The first-order valence-electron chi connectivity index (χ1n) is 8.05. The van der Waals surface area contributed by atoms with Gasteiger partial charge in [0.05, 0.1) is 23.7 Å². The predicted molar refractivity (Wildman–Crippen MR) is 99.4 cm³/mol. The molecule has 0 fully saturated rings. The summed E-state index contributed by atoms with van der Waals surface area (Å²) in [6.45, 7) is 3.07. The van der Waals surface area contributed by atoms with E-state index in [1.54, 1.807) is 12.1 Å². The number of benzene rings is 2. The van der Waals surface area contributed by atoms with Crippen LogP contribution in [0.3, 0.4) is 0 Å². The van der Waals surface area contributed by atoms with E-state index in [0.717, 1.165) is 22.7 Å². The lowest BCUT2D eigenvalue weighted by Crippen LogP contribution is -2.37. The van der Waals surface area contributed by atoms with Crippen LogP contribution in [0.1, 0.15) is 13.8 Å². The van der Waals surface area contributed by atoms with E-state index in [1.807, 2.05) is 13.8 Å². The largest absolute Gasteiger partial charge is 0.491 e. The number of hydrogen-bond acceptors (Lipinski definition) is 4. The summed E-state index contributed by atoms with van der Waals surface area (Å²) in [4.78, 5) is 12.2. The molecule has 6 nitrogen and oxygen atoms in total. The number of sulfonamides is 1. The van der Waals surface area contributed by atoms with Gasteiger partial charge in [0.2, 0.25) is 15.9 Å². The summed E-state index contributed by atoms with van der Waals surface area (Å²) >= 11 is 0. The van der Waals surface area contributed by atoms with Crippen molar-refractivity contribution in [2.45, 2.75) is 20.0 Å². The monoisotopic (exact) mass is 398 g/mol. The Labute approximate surface area is 156 Å². The Balaban J connectivity index is 2.23. The second-order valence-electron chi connectivity index (χ2n) is 6.11. The fourth-order valence-electron chi connectivity index (χ4n) is 2.30. The molecule has 0 aliphatic heterocycles. The summed E-state index contributed by atoms with van der Waals surface area (Å²) in [7, 11) is -3.80. The van der Waals surface area contributed by atoms with Crippen molar-refractivity contribution in [3.05, 3.63) is 54.1 Å². The Morgan fingerprint density at radius 1 is 1.19 bits per heavy atom. The number of rotatable bonds is 7. The quantitative estimate of drug-likeness (QED) is 0.777. The van der Waals surface area contributed by atoms with Gasteiger partial charge in [-0.05, 0) is 38.1 Å². The van der Waals surface area contributed by atoms with Gasteiger partial charge in [0.1, 0.15) is 23.9 Å². The third-order valence-electron chi connectivity index (χ3n) is 3.37. The van der Waals surface area contributed by atoms with Crippen LogP contribution in [0, 0.1) is 11.6 Å². The highest BCUT2D eigenvalue weighted by Gasteiger charge is 2.22. The number of anilines is 2. The molecule has 0 atom stereocenters. The molecule has 0 radical (unpaired) electrons. The summed E-state index contributed by atoms with van der Waals surface area (Å²) in [5.41, 5.74) is -0.0166. The van der Waals surface area contributed by atoms with E-state index in [0.29, 0.717) is 11.8 Å². The average molecular weight is 398 g/mol. The van der Waals surface area contributed by atoms with Gasteiger partial charge in [-0.25, -0.2) is 17.2 Å². The second-order valence-corrected chi connectivity index (χ2v) is 8.01. The van der Waals surface area contributed by atoms with Gasteiger partial charge >= 0.3 is 0 Å². The van der Waals surface area contributed by atoms with Crippen molar-refractivity contribution in [2.75, 3.05) is 22.4 Å². The molecule has 0 heterocycles. The lowest BCUT2D eigenvalue weighted by molar-refractivity contribution is -0.114. The number of ether oxygens (including phenoxy) is 1. The summed E-state index contributed by atoms with van der Waals surface area (Å²) in [6, 6.07) is 8.94. The Bertz CT molecular complexity index is 933. The molecule has 0 aromatic heterocycles. The number of carbonyl (C=O) groups is 1. The second kappa shape index (κ2) is 8.34. The van der Waals surface area contributed by atoms with Crippen LogP contribution < -0.4 is 14.4 Å². The molecule has 0 aliphatic rings. The average Bonchev–Trinajstić information content (AvgIpc) is 2.54. The molecule has 2 aromatic rings. The van der Waals surface area contributed by atoms with Crippen molar-refractivity contribution >= 4 is 27.3 Å². The van der Waals surface area contributed by atoms with Gasteiger partial charge < -0.3 is 10.1 Å². The molecule has 1 amide bonds. The van der Waals surface area contributed by atoms with Crippen molar-refractivity contribution in [1.29, 1.82) is 0 Å². The van der Waals surface area contributed by atoms with Crippen molar-refractivity contribution in [3.63, 3.8) is 0 Å². The lowest BCUT2D eigenvalue weighted by Gasteiger charge is -2.23. The van der Waals surface area contributed by atoms with Crippen molar-refractivity contribution in [3.8, 4) is 5.75 Å². The molecule has 0 saturated heterocycles. The van der Waals surface area contributed by atoms with Gasteiger partial charge in [0.15, 0.2) is 0 Å². The molecule has 0 aliphatic carbocycles. The Morgan fingerprint density at radius 3 is 2.48 bits per heavy atom. The molecule has 0 unspecified atom stereocenters. The van der Waals surface area contributed by atoms with Crippen molar-refractivity contribution < 1.29 is 26.7 Å². The number of amides is 1. The summed E-state index contributed by atoms with van der Waals surface area (Å²) < 4.78 is 57.3. The maximum absolute atomic E-state index is 13.7. The predicted octanol–water partition coefficient (Wildman–Crippen LogP) is 3.16. The van der Waals surface area contributed by atoms with Gasteiger partial charge in [-0.2, -0.15) is 0 Å². The van der Waals surface area contributed by atoms with Crippen LogP contribution in [0.5, 0.6) is 5.75 Å². The molecular formula is C18H20F2N2O4S. The summed E-state index contributed by atoms with van der Waals surface area (Å²) in [6.07, 6.45) is 0.839. The Hall–Kier alpha value is -2.68. The van der Waals surface area contributed by atoms with E-state index < -0.39 is 34.1 Å². The van der Waals surface area contributed by atoms with Crippen LogP contribution in [-0.2, 0) is 14.8 Å². The first-order valence-corrected chi connectivity index (χ1v) is 9.90. The standard InChI is InChI=1S/C18H20F2N2O4S/c1-12(2)26-15-6-4-5-14(10-15)22(27(3,24)25)11-18(23)21-17-8-7-13(19)9-16(17)20/h4-10,12H,11H2,1-3H3,(H,21,23). The number of hydrogen-bond donors (Lipinski definition) is 1. The van der Waals surface area contributed by atoms with Crippen LogP contribution in [0.4, 0.5) is 20.2 Å². The number of nitrogens with zero attached hydrogens (tertiary/aromatic N) is 1. The summed E-state index contributed by atoms with van der Waals surface area (Å²) in [5.74, 6) is -2.07. The third kappa shape index (κ3) is 5.92. The maximum Gasteiger partial charge on any atom is 0.245 e. The van der Waals surface area contributed by atoms with Gasteiger partial charge in [0.25, 0.3) is 0 Å². The molecule has 1 N–H and O–H groups in total. The van der Waals surface area contributed by atoms with Gasteiger partial charge in [-0.1, -0.05) is 6.07 Å². The smallest absolute Gasteiger partial charge is 0.245 e. The number of carbonyl (C=O) groups excluding carboxylic acids is 1. The van der Waals surface area contributed by atoms with E-state index in [1.165, 1.54) is 12.1 Å². The van der Waals surface area contributed by atoms with Crippen LogP contribution in [0.2, 0.25) is 0 Å². The minimum atomic E-state index is -3.80. The summed E-state index contributed by atoms with van der Waals surface area (Å²) in [5, 5.41) is 2.24. The number of halogens is 2. The zero-order valence-electron chi connectivity index (χ0n) is 15.1. The highest BCUT2D eigenvalue weighted by atomic mass is 32.2. The topological polar surface area (TPSA) is 75.7 Å². The van der Waals surface area contributed by atoms with Crippen molar-refractivity contribution in [1.82, 2.24) is 0 Å². The van der Waals surface area contributed by atoms with E-state index in [9.17, 15) is 22.0 Å². The van der Waals surface area contributed by atoms with Crippen molar-refractivity contribution in [2.24, 2.45) is 0 Å². The zero-order valence-corrected chi connectivity index (χ0v) is 15.9. The van der Waals surface area contributed by atoms with E-state index in [2.05, 4.69) is 5.32 Å². The molecule has 9 heteroatoms. The first kappa shape index (κ1) is 20.6. The minimum Gasteiger partial charge on any atom is -0.491 e. The van der Waals surface area contributed by atoms with E-state index >= 15 is 0 Å². The van der Waals surface area contributed by atoms with E-state index in [4.69, 9.17) is 4.74 Å². The lowest BCUT2D eigenvalue weighted by atomic mass is 10.3. The maximum atomic E-state index is 13.7. The molecular weight excluding hydrogens is 378 g/mol. The minimum absolute atomic E-state index is 0.114. The van der Waals surface area contributed by atoms with Crippen LogP contribution in [0.15, 0.2) is 42.5 Å². The molecule has 0 bridgehead atoms. The normalized spacial score (nSPS) is 11.3. The molecule has 0 saturated carbocycles. The third-order valence-corrected chi connectivity index (χ3v) is 4.51. The SMILES string of the molecule is CC(C)Oc1cccc(N(CC(=O)Nc2ccc(F)cc2F)S(C)(=O)=O)c1. The molecule has 27 heavy (non-hydrogen) atoms. The Kier molecular flexibility index (Phi) is 6.37. The molecule has 2 rings (SSSR count).